The lowest BCUT2D eigenvalue weighted by Gasteiger charge is -2.08. The molecule has 146 valence electrons. The topological polar surface area (TPSA) is 70.7 Å². The van der Waals surface area contributed by atoms with Crippen LogP contribution in [-0.2, 0) is 4.79 Å². The number of benzene rings is 2. The number of aromatic nitrogens is 3. The fourth-order valence-corrected chi connectivity index (χ4v) is 4.06. The maximum absolute atomic E-state index is 12.2. The van der Waals surface area contributed by atoms with Crippen molar-refractivity contribution in [2.24, 2.45) is 0 Å². The van der Waals surface area contributed by atoms with E-state index in [1.54, 1.807) is 11.8 Å². The van der Waals surface area contributed by atoms with Crippen molar-refractivity contribution in [1.29, 1.82) is 0 Å². The van der Waals surface area contributed by atoms with Gasteiger partial charge in [0.05, 0.1) is 5.75 Å². The van der Waals surface area contributed by atoms with Crippen LogP contribution in [-0.4, -0.2) is 26.8 Å². The SMILES string of the molecule is Cc1ccc(C)c(Sc2ccc(NC(=O)CSc3n[nH]c(C(C)C)n3)cc2)c1. The van der Waals surface area contributed by atoms with Gasteiger partial charge in [0.1, 0.15) is 5.82 Å². The Balaban J connectivity index is 1.53. The van der Waals surface area contributed by atoms with Crippen LogP contribution in [0, 0.1) is 13.8 Å². The summed E-state index contributed by atoms with van der Waals surface area (Å²) in [5.74, 6) is 1.32. The molecule has 0 aliphatic heterocycles. The number of amides is 1. The van der Waals surface area contributed by atoms with Crippen LogP contribution in [0.3, 0.4) is 0 Å². The van der Waals surface area contributed by atoms with Gasteiger partial charge in [-0.05, 0) is 55.3 Å². The summed E-state index contributed by atoms with van der Waals surface area (Å²) in [6, 6.07) is 14.4. The van der Waals surface area contributed by atoms with Crippen LogP contribution < -0.4 is 5.32 Å². The summed E-state index contributed by atoms with van der Waals surface area (Å²) in [5.41, 5.74) is 3.30. The molecule has 5 nitrogen and oxygen atoms in total. The zero-order valence-corrected chi connectivity index (χ0v) is 18.1. The molecule has 0 bridgehead atoms. The summed E-state index contributed by atoms with van der Waals surface area (Å²) < 4.78 is 0. The van der Waals surface area contributed by atoms with Crippen molar-refractivity contribution in [1.82, 2.24) is 15.2 Å². The van der Waals surface area contributed by atoms with Crippen molar-refractivity contribution in [2.45, 2.75) is 48.6 Å². The largest absolute Gasteiger partial charge is 0.325 e. The lowest BCUT2D eigenvalue weighted by molar-refractivity contribution is -0.113. The predicted octanol–water partition coefficient (Wildman–Crippen LogP) is 5.43. The fraction of sp³-hybridized carbons (Fsp3) is 0.286. The van der Waals surface area contributed by atoms with E-state index in [0.29, 0.717) is 5.16 Å². The lowest BCUT2D eigenvalue weighted by Crippen LogP contribution is -2.14. The van der Waals surface area contributed by atoms with E-state index in [0.717, 1.165) is 16.4 Å². The van der Waals surface area contributed by atoms with E-state index in [2.05, 4.69) is 52.5 Å². The first-order valence-electron chi connectivity index (χ1n) is 9.11. The number of thioether (sulfide) groups is 1. The standard InChI is InChI=1S/C21H24N4OS2/c1-13(2)20-23-21(25-24-20)27-12-19(26)22-16-7-9-17(10-8-16)28-18-11-14(3)5-6-15(18)4/h5-11,13H,12H2,1-4H3,(H,22,26)(H,23,24,25). The highest BCUT2D eigenvalue weighted by Gasteiger charge is 2.10. The molecule has 7 heteroatoms. The Morgan fingerprint density at radius 2 is 1.89 bits per heavy atom. The molecule has 0 unspecified atom stereocenters. The van der Waals surface area contributed by atoms with Crippen LogP contribution in [0.15, 0.2) is 57.4 Å². The Labute approximate surface area is 174 Å². The maximum Gasteiger partial charge on any atom is 0.234 e. The van der Waals surface area contributed by atoms with Gasteiger partial charge in [0, 0.05) is 21.4 Å². The molecule has 0 atom stereocenters. The van der Waals surface area contributed by atoms with Gasteiger partial charge in [-0.25, -0.2) is 4.98 Å². The highest BCUT2D eigenvalue weighted by atomic mass is 32.2. The van der Waals surface area contributed by atoms with Gasteiger partial charge in [0.25, 0.3) is 0 Å². The highest BCUT2D eigenvalue weighted by molar-refractivity contribution is 7.99. The van der Waals surface area contributed by atoms with E-state index < -0.39 is 0 Å². The number of nitrogens with one attached hydrogen (secondary N) is 2. The number of hydrogen-bond acceptors (Lipinski definition) is 5. The molecule has 28 heavy (non-hydrogen) atoms. The van der Waals surface area contributed by atoms with E-state index in [-0.39, 0.29) is 17.6 Å². The summed E-state index contributed by atoms with van der Waals surface area (Å²) in [6.07, 6.45) is 0. The van der Waals surface area contributed by atoms with Gasteiger partial charge < -0.3 is 5.32 Å². The third kappa shape index (κ3) is 5.62. The molecule has 1 heterocycles. The third-order valence-electron chi connectivity index (χ3n) is 4.07. The van der Waals surface area contributed by atoms with E-state index in [1.165, 1.54) is 27.8 Å². The van der Waals surface area contributed by atoms with Crippen molar-refractivity contribution in [2.75, 3.05) is 11.1 Å². The molecule has 0 aliphatic rings. The highest BCUT2D eigenvalue weighted by Crippen LogP contribution is 2.31. The molecule has 0 saturated heterocycles. The molecule has 1 amide bonds. The zero-order valence-electron chi connectivity index (χ0n) is 16.4. The normalized spacial score (nSPS) is 11.0. The van der Waals surface area contributed by atoms with Crippen LogP contribution in [0.5, 0.6) is 0 Å². The Bertz CT molecular complexity index is 951. The van der Waals surface area contributed by atoms with Gasteiger partial charge in [-0.15, -0.1) is 5.10 Å². The van der Waals surface area contributed by atoms with Crippen molar-refractivity contribution in [3.05, 3.63) is 59.4 Å². The van der Waals surface area contributed by atoms with Gasteiger partial charge in [-0.3, -0.25) is 9.89 Å². The Kier molecular flexibility index (Phi) is 6.80. The second kappa shape index (κ2) is 9.30. The molecule has 0 aliphatic carbocycles. The van der Waals surface area contributed by atoms with Crippen molar-refractivity contribution >= 4 is 35.1 Å². The number of rotatable bonds is 7. The first kappa shape index (κ1) is 20.5. The molecule has 3 aromatic rings. The van der Waals surface area contributed by atoms with Gasteiger partial charge >= 0.3 is 0 Å². The average molecular weight is 413 g/mol. The van der Waals surface area contributed by atoms with Crippen LogP contribution in [0.1, 0.15) is 36.7 Å². The van der Waals surface area contributed by atoms with Crippen LogP contribution in [0.25, 0.3) is 0 Å². The lowest BCUT2D eigenvalue weighted by atomic mass is 10.2. The van der Waals surface area contributed by atoms with E-state index >= 15 is 0 Å². The molecule has 1 aromatic heterocycles. The second-order valence-electron chi connectivity index (χ2n) is 6.89. The average Bonchev–Trinajstić information content (AvgIpc) is 3.14. The molecule has 0 radical (unpaired) electrons. The minimum absolute atomic E-state index is 0.0733. The summed E-state index contributed by atoms with van der Waals surface area (Å²) in [7, 11) is 0. The number of aromatic amines is 1. The number of hydrogen-bond donors (Lipinski definition) is 2. The Morgan fingerprint density at radius 3 is 2.57 bits per heavy atom. The predicted molar refractivity (Wildman–Crippen MR) is 116 cm³/mol. The summed E-state index contributed by atoms with van der Waals surface area (Å²) in [4.78, 5) is 18.9. The molecule has 0 fully saturated rings. The van der Waals surface area contributed by atoms with Crippen LogP contribution >= 0.6 is 23.5 Å². The summed E-state index contributed by atoms with van der Waals surface area (Å²) >= 11 is 3.06. The number of anilines is 1. The number of H-pyrrole nitrogens is 1. The maximum atomic E-state index is 12.2. The van der Waals surface area contributed by atoms with Gasteiger partial charge in [0.2, 0.25) is 11.1 Å². The van der Waals surface area contributed by atoms with E-state index in [4.69, 9.17) is 0 Å². The third-order valence-corrected chi connectivity index (χ3v) is 6.09. The number of nitrogens with zero attached hydrogens (tertiary/aromatic N) is 2. The minimum Gasteiger partial charge on any atom is -0.325 e. The summed E-state index contributed by atoms with van der Waals surface area (Å²) in [5, 5.41) is 10.5. The Hall–Kier alpha value is -2.25. The summed E-state index contributed by atoms with van der Waals surface area (Å²) in [6.45, 7) is 8.31. The van der Waals surface area contributed by atoms with E-state index in [1.807, 2.05) is 38.1 Å². The van der Waals surface area contributed by atoms with Gasteiger partial charge in [0.15, 0.2) is 0 Å². The zero-order chi connectivity index (χ0) is 20.1. The fourth-order valence-electron chi connectivity index (χ4n) is 2.46. The monoisotopic (exact) mass is 412 g/mol. The number of aryl methyl sites for hydroxylation is 2. The number of carbonyl (C=O) groups excluding carboxylic acids is 1. The van der Waals surface area contributed by atoms with Crippen molar-refractivity contribution < 1.29 is 4.79 Å². The smallest absolute Gasteiger partial charge is 0.234 e. The Morgan fingerprint density at radius 1 is 1.14 bits per heavy atom. The molecule has 2 N–H and O–H groups in total. The van der Waals surface area contributed by atoms with Crippen LogP contribution in [0.2, 0.25) is 0 Å². The van der Waals surface area contributed by atoms with Crippen LogP contribution in [0.4, 0.5) is 5.69 Å². The van der Waals surface area contributed by atoms with Crippen molar-refractivity contribution in [3.8, 4) is 0 Å². The second-order valence-corrected chi connectivity index (χ2v) is 8.95. The van der Waals surface area contributed by atoms with Crippen molar-refractivity contribution in [3.63, 3.8) is 0 Å². The van der Waals surface area contributed by atoms with Gasteiger partial charge in [-0.2, -0.15) is 0 Å². The molecular formula is C21H24N4OS2. The molecule has 0 saturated carbocycles. The molecule has 0 spiro atoms. The molecular weight excluding hydrogens is 388 g/mol. The number of carbonyl (C=O) groups is 1. The first-order chi connectivity index (χ1) is 13.4. The molecule has 2 aromatic carbocycles. The first-order valence-corrected chi connectivity index (χ1v) is 10.9. The van der Waals surface area contributed by atoms with E-state index in [9.17, 15) is 4.79 Å². The minimum atomic E-state index is -0.0733. The molecule has 3 rings (SSSR count). The quantitative estimate of drug-likeness (QED) is 0.507. The van der Waals surface area contributed by atoms with Gasteiger partial charge in [-0.1, -0.05) is 49.5 Å².